The molecule has 0 unspecified atom stereocenters. The largest absolute Gasteiger partial charge is 0.482 e. The second-order valence-corrected chi connectivity index (χ2v) is 5.76. The molecule has 1 aliphatic heterocycles. The fourth-order valence-electron chi connectivity index (χ4n) is 2.70. The molecule has 1 amide bonds. The lowest BCUT2D eigenvalue weighted by molar-refractivity contribution is -0.123. The molecule has 0 spiro atoms. The highest BCUT2D eigenvalue weighted by molar-refractivity contribution is 5.77. The van der Waals surface area contributed by atoms with Crippen LogP contribution < -0.4 is 15.0 Å². The van der Waals surface area contributed by atoms with Gasteiger partial charge in [0.25, 0.3) is 5.91 Å². The van der Waals surface area contributed by atoms with E-state index in [0.717, 1.165) is 24.5 Å². The van der Waals surface area contributed by atoms with Gasteiger partial charge in [-0.05, 0) is 18.2 Å². The third-order valence-corrected chi connectivity index (χ3v) is 4.02. The minimum absolute atomic E-state index is 0.147. The number of carbonyl (C=O) groups excluding carboxylic acids is 1. The fraction of sp³-hybridized carbons (Fsp3) is 0.316. The molecule has 134 valence electrons. The predicted octanol–water partition coefficient (Wildman–Crippen LogP) is 1.49. The van der Waals surface area contributed by atoms with Gasteiger partial charge in [-0.2, -0.15) is 5.26 Å². The lowest BCUT2D eigenvalue weighted by atomic mass is 10.2. The van der Waals surface area contributed by atoms with Gasteiger partial charge in [0.15, 0.2) is 6.61 Å². The number of morpholine rings is 1. The summed E-state index contributed by atoms with van der Waals surface area (Å²) < 4.78 is 10.8. The lowest BCUT2D eigenvalue weighted by Crippen LogP contribution is -2.38. The number of hydrogen-bond acceptors (Lipinski definition) is 6. The number of nitriles is 1. The zero-order chi connectivity index (χ0) is 18.2. The van der Waals surface area contributed by atoms with Gasteiger partial charge < -0.3 is 19.7 Å². The van der Waals surface area contributed by atoms with Gasteiger partial charge in [-0.3, -0.25) is 4.79 Å². The van der Waals surface area contributed by atoms with E-state index in [-0.39, 0.29) is 12.5 Å². The molecule has 2 heterocycles. The van der Waals surface area contributed by atoms with Gasteiger partial charge in [-0.25, -0.2) is 4.98 Å². The number of ether oxygens (including phenoxy) is 2. The van der Waals surface area contributed by atoms with Gasteiger partial charge in [0.1, 0.15) is 17.6 Å². The topological polar surface area (TPSA) is 87.5 Å². The molecule has 2 aromatic rings. The highest BCUT2D eigenvalue weighted by Crippen LogP contribution is 2.18. The van der Waals surface area contributed by atoms with Gasteiger partial charge in [0, 0.05) is 31.4 Å². The number of anilines is 1. The molecule has 0 bridgehead atoms. The molecule has 1 aliphatic rings. The third-order valence-electron chi connectivity index (χ3n) is 4.02. The van der Waals surface area contributed by atoms with Gasteiger partial charge in [-0.1, -0.05) is 18.2 Å². The Bertz CT molecular complexity index is 797. The van der Waals surface area contributed by atoms with E-state index < -0.39 is 0 Å². The van der Waals surface area contributed by atoms with E-state index in [2.05, 4.69) is 15.2 Å². The fourth-order valence-corrected chi connectivity index (χ4v) is 2.70. The SMILES string of the molecule is N#Cc1ccccc1OCC(=O)NCc1cccnc1N1CCOCC1. The van der Waals surface area contributed by atoms with Crippen LogP contribution in [-0.4, -0.2) is 43.8 Å². The normalized spacial score (nSPS) is 13.7. The van der Waals surface area contributed by atoms with E-state index in [1.807, 2.05) is 18.2 Å². The molecule has 3 rings (SSSR count). The summed E-state index contributed by atoms with van der Waals surface area (Å²) in [6.45, 7) is 3.13. The Balaban J connectivity index is 1.56. The van der Waals surface area contributed by atoms with E-state index in [1.54, 1.807) is 30.5 Å². The highest BCUT2D eigenvalue weighted by atomic mass is 16.5. The van der Waals surface area contributed by atoms with Crippen molar-refractivity contribution in [2.24, 2.45) is 0 Å². The van der Waals surface area contributed by atoms with Crippen LogP contribution in [0.3, 0.4) is 0 Å². The maximum atomic E-state index is 12.1. The molecule has 0 radical (unpaired) electrons. The summed E-state index contributed by atoms with van der Waals surface area (Å²) in [7, 11) is 0. The van der Waals surface area contributed by atoms with Crippen LogP contribution >= 0.6 is 0 Å². The summed E-state index contributed by atoms with van der Waals surface area (Å²) in [4.78, 5) is 18.7. The Hall–Kier alpha value is -3.11. The smallest absolute Gasteiger partial charge is 0.258 e. The van der Waals surface area contributed by atoms with E-state index in [4.69, 9.17) is 14.7 Å². The van der Waals surface area contributed by atoms with Crippen molar-refractivity contribution in [1.29, 1.82) is 5.26 Å². The number of nitrogens with zero attached hydrogens (tertiary/aromatic N) is 3. The van der Waals surface area contributed by atoms with E-state index in [1.165, 1.54) is 0 Å². The summed E-state index contributed by atoms with van der Waals surface area (Å²) >= 11 is 0. The molecule has 1 saturated heterocycles. The number of amides is 1. The van der Waals surface area contributed by atoms with Crippen LogP contribution in [0.4, 0.5) is 5.82 Å². The van der Waals surface area contributed by atoms with Gasteiger partial charge in [0.05, 0.1) is 18.8 Å². The van der Waals surface area contributed by atoms with Crippen molar-refractivity contribution in [3.8, 4) is 11.8 Å². The zero-order valence-electron chi connectivity index (χ0n) is 14.4. The van der Waals surface area contributed by atoms with Gasteiger partial charge >= 0.3 is 0 Å². The molecule has 1 N–H and O–H groups in total. The van der Waals surface area contributed by atoms with E-state index >= 15 is 0 Å². The van der Waals surface area contributed by atoms with Crippen LogP contribution in [-0.2, 0) is 16.1 Å². The first-order valence-electron chi connectivity index (χ1n) is 8.43. The molecule has 1 fully saturated rings. The quantitative estimate of drug-likeness (QED) is 0.847. The summed E-state index contributed by atoms with van der Waals surface area (Å²) in [6, 6.07) is 12.7. The van der Waals surface area contributed by atoms with Crippen molar-refractivity contribution >= 4 is 11.7 Å². The first-order chi connectivity index (χ1) is 12.8. The number of carbonyl (C=O) groups is 1. The maximum absolute atomic E-state index is 12.1. The third kappa shape index (κ3) is 4.49. The predicted molar refractivity (Wildman–Crippen MR) is 95.8 cm³/mol. The maximum Gasteiger partial charge on any atom is 0.258 e. The summed E-state index contributed by atoms with van der Waals surface area (Å²) in [5.41, 5.74) is 1.35. The number of nitrogens with one attached hydrogen (secondary N) is 1. The van der Waals surface area contributed by atoms with Crippen molar-refractivity contribution in [3.05, 3.63) is 53.7 Å². The first-order valence-corrected chi connectivity index (χ1v) is 8.43. The minimum atomic E-state index is -0.255. The standard InChI is InChI=1S/C19H20N4O3/c20-12-15-4-1-2-6-17(15)26-14-18(24)22-13-16-5-3-7-21-19(16)23-8-10-25-11-9-23/h1-7H,8-11,13-14H2,(H,22,24). The number of pyridine rings is 1. The van der Waals surface area contributed by atoms with Crippen molar-refractivity contribution in [3.63, 3.8) is 0 Å². The summed E-state index contributed by atoms with van der Waals surface area (Å²) in [5.74, 6) is 1.02. The average Bonchev–Trinajstić information content (AvgIpc) is 2.71. The molecule has 0 aliphatic carbocycles. The first kappa shape index (κ1) is 17.7. The molecular formula is C19H20N4O3. The van der Waals surface area contributed by atoms with Crippen molar-refractivity contribution in [2.75, 3.05) is 37.8 Å². The minimum Gasteiger partial charge on any atom is -0.482 e. The number of benzene rings is 1. The molecule has 1 aromatic carbocycles. The van der Waals surface area contributed by atoms with Gasteiger partial charge in [0.2, 0.25) is 0 Å². The molecule has 7 nitrogen and oxygen atoms in total. The molecule has 7 heteroatoms. The second-order valence-electron chi connectivity index (χ2n) is 5.76. The molecule has 26 heavy (non-hydrogen) atoms. The van der Waals surface area contributed by atoms with Crippen molar-refractivity contribution in [1.82, 2.24) is 10.3 Å². The Labute approximate surface area is 152 Å². The van der Waals surface area contributed by atoms with Crippen LogP contribution in [0.15, 0.2) is 42.6 Å². The molecule has 0 atom stereocenters. The summed E-state index contributed by atoms with van der Waals surface area (Å²) in [6.07, 6.45) is 1.75. The van der Waals surface area contributed by atoms with E-state index in [0.29, 0.717) is 31.1 Å². The Morgan fingerprint density at radius 1 is 1.27 bits per heavy atom. The Kier molecular flexibility index (Phi) is 6.01. The van der Waals surface area contributed by atoms with Crippen molar-refractivity contribution < 1.29 is 14.3 Å². The molecule has 0 saturated carbocycles. The van der Waals surface area contributed by atoms with Crippen LogP contribution in [0.25, 0.3) is 0 Å². The Morgan fingerprint density at radius 3 is 2.88 bits per heavy atom. The lowest BCUT2D eigenvalue weighted by Gasteiger charge is -2.29. The summed E-state index contributed by atoms with van der Waals surface area (Å²) in [5, 5.41) is 11.9. The Morgan fingerprint density at radius 2 is 2.08 bits per heavy atom. The van der Waals surface area contributed by atoms with Crippen LogP contribution in [0.1, 0.15) is 11.1 Å². The molecular weight excluding hydrogens is 332 g/mol. The molecule has 1 aromatic heterocycles. The average molecular weight is 352 g/mol. The number of aromatic nitrogens is 1. The number of para-hydroxylation sites is 1. The van der Waals surface area contributed by atoms with Crippen LogP contribution in [0.5, 0.6) is 5.75 Å². The second kappa shape index (κ2) is 8.83. The van der Waals surface area contributed by atoms with Crippen molar-refractivity contribution in [2.45, 2.75) is 6.54 Å². The zero-order valence-corrected chi connectivity index (χ0v) is 14.4. The van der Waals surface area contributed by atoms with E-state index in [9.17, 15) is 4.79 Å². The van der Waals surface area contributed by atoms with Gasteiger partial charge in [-0.15, -0.1) is 0 Å². The van der Waals surface area contributed by atoms with Crippen LogP contribution in [0.2, 0.25) is 0 Å². The number of rotatable bonds is 6. The highest BCUT2D eigenvalue weighted by Gasteiger charge is 2.16. The van der Waals surface area contributed by atoms with Crippen LogP contribution in [0, 0.1) is 11.3 Å². The monoisotopic (exact) mass is 352 g/mol. The number of hydrogen-bond donors (Lipinski definition) is 1.